The molecule has 3 N–H and O–H groups in total. The van der Waals surface area contributed by atoms with E-state index in [1.807, 2.05) is 6.92 Å². The molecule has 0 spiro atoms. The minimum absolute atomic E-state index is 0.0811. The van der Waals surface area contributed by atoms with Gasteiger partial charge in [0.1, 0.15) is 5.82 Å². The van der Waals surface area contributed by atoms with Crippen LogP contribution in [0.25, 0.3) is 11.0 Å². The number of aromatic nitrogens is 2. The number of hydrogen-bond donors (Lipinski definition) is 2. The van der Waals surface area contributed by atoms with E-state index in [0.717, 1.165) is 11.0 Å². The lowest BCUT2D eigenvalue weighted by molar-refractivity contribution is 0.681. The minimum Gasteiger partial charge on any atom is -0.342 e. The number of hydrogen-bond acceptors (Lipinski definition) is 2. The third kappa shape index (κ3) is 1.95. The van der Waals surface area contributed by atoms with E-state index in [4.69, 9.17) is 10.7 Å². The Bertz CT molecular complexity index is 521. The van der Waals surface area contributed by atoms with Crippen molar-refractivity contribution in [3.8, 4) is 0 Å². The van der Waals surface area contributed by atoms with Crippen LogP contribution in [0.4, 0.5) is 0 Å². The molecule has 2 aromatic rings. The average Bonchev–Trinajstić information content (AvgIpc) is 2.96. The van der Waals surface area contributed by atoms with Crippen molar-refractivity contribution >= 4 is 11.0 Å². The fourth-order valence-electron chi connectivity index (χ4n) is 2.72. The summed E-state index contributed by atoms with van der Waals surface area (Å²) in [6.07, 6.45) is 5.24. The van der Waals surface area contributed by atoms with Gasteiger partial charge in [0.05, 0.1) is 11.0 Å². The molecule has 0 amide bonds. The molecule has 17 heavy (non-hydrogen) atoms. The molecule has 1 atom stereocenters. The summed E-state index contributed by atoms with van der Waals surface area (Å²) >= 11 is 0. The molecular formula is C14H19N3. The maximum Gasteiger partial charge on any atom is 0.110 e. The van der Waals surface area contributed by atoms with Gasteiger partial charge < -0.3 is 10.7 Å². The average molecular weight is 229 g/mol. The van der Waals surface area contributed by atoms with Gasteiger partial charge in [0, 0.05) is 12.0 Å². The van der Waals surface area contributed by atoms with E-state index in [1.54, 1.807) is 0 Å². The topological polar surface area (TPSA) is 54.7 Å². The first-order valence-electron chi connectivity index (χ1n) is 6.49. The highest BCUT2D eigenvalue weighted by Crippen LogP contribution is 2.33. The monoisotopic (exact) mass is 229 g/mol. The Hall–Kier alpha value is -1.35. The molecule has 1 aliphatic carbocycles. The van der Waals surface area contributed by atoms with Crippen LogP contribution >= 0.6 is 0 Å². The standard InChI is InChI=1S/C14H19N3/c1-9(15)11-6-7-12-13(8-11)17-14(16-12)10-4-2-3-5-10/h6-10H,2-5,15H2,1H3,(H,16,17). The SMILES string of the molecule is CC(N)c1ccc2nc(C3CCCC3)[nH]c2c1. The number of imidazole rings is 1. The Kier molecular flexibility index (Phi) is 2.63. The Morgan fingerprint density at radius 1 is 1.35 bits per heavy atom. The summed E-state index contributed by atoms with van der Waals surface area (Å²) < 4.78 is 0. The summed E-state index contributed by atoms with van der Waals surface area (Å²) in [5.41, 5.74) is 9.26. The highest BCUT2D eigenvalue weighted by molar-refractivity contribution is 5.76. The number of fused-ring (bicyclic) bond motifs is 1. The van der Waals surface area contributed by atoms with Crippen LogP contribution in [-0.4, -0.2) is 9.97 Å². The molecule has 1 fully saturated rings. The lowest BCUT2D eigenvalue weighted by atomic mass is 10.1. The molecule has 1 saturated carbocycles. The van der Waals surface area contributed by atoms with Crippen molar-refractivity contribution in [1.29, 1.82) is 0 Å². The van der Waals surface area contributed by atoms with Crippen LogP contribution in [0.2, 0.25) is 0 Å². The van der Waals surface area contributed by atoms with E-state index in [-0.39, 0.29) is 6.04 Å². The van der Waals surface area contributed by atoms with Crippen LogP contribution in [0.5, 0.6) is 0 Å². The summed E-state index contributed by atoms with van der Waals surface area (Å²) in [5.74, 6) is 1.81. The van der Waals surface area contributed by atoms with Gasteiger partial charge in [-0.1, -0.05) is 18.9 Å². The Balaban J connectivity index is 2.00. The van der Waals surface area contributed by atoms with Crippen molar-refractivity contribution in [2.24, 2.45) is 5.73 Å². The Morgan fingerprint density at radius 3 is 2.82 bits per heavy atom. The number of nitrogens with zero attached hydrogens (tertiary/aromatic N) is 1. The number of nitrogens with two attached hydrogens (primary N) is 1. The van der Waals surface area contributed by atoms with Gasteiger partial charge in [-0.25, -0.2) is 4.98 Å². The van der Waals surface area contributed by atoms with Crippen LogP contribution in [0.15, 0.2) is 18.2 Å². The molecule has 1 unspecified atom stereocenters. The van der Waals surface area contributed by atoms with Crippen molar-refractivity contribution in [3.63, 3.8) is 0 Å². The quantitative estimate of drug-likeness (QED) is 0.830. The number of rotatable bonds is 2. The lowest BCUT2D eigenvalue weighted by Crippen LogP contribution is -2.04. The zero-order valence-electron chi connectivity index (χ0n) is 10.2. The van der Waals surface area contributed by atoms with E-state index in [0.29, 0.717) is 5.92 Å². The second-order valence-corrected chi connectivity index (χ2v) is 5.17. The summed E-state index contributed by atoms with van der Waals surface area (Å²) in [4.78, 5) is 8.16. The largest absolute Gasteiger partial charge is 0.342 e. The molecule has 90 valence electrons. The Morgan fingerprint density at radius 2 is 2.12 bits per heavy atom. The first kappa shape index (κ1) is 10.8. The van der Waals surface area contributed by atoms with Crippen LogP contribution < -0.4 is 5.73 Å². The molecule has 1 heterocycles. The van der Waals surface area contributed by atoms with Gasteiger partial charge in [-0.15, -0.1) is 0 Å². The van der Waals surface area contributed by atoms with Crippen molar-refractivity contribution in [2.75, 3.05) is 0 Å². The molecule has 1 aromatic carbocycles. The molecule has 0 aliphatic heterocycles. The van der Waals surface area contributed by atoms with Gasteiger partial charge >= 0.3 is 0 Å². The van der Waals surface area contributed by atoms with Gasteiger partial charge in [-0.2, -0.15) is 0 Å². The van der Waals surface area contributed by atoms with E-state index in [1.165, 1.54) is 37.1 Å². The minimum atomic E-state index is 0.0811. The number of H-pyrrole nitrogens is 1. The van der Waals surface area contributed by atoms with Gasteiger partial charge in [-0.3, -0.25) is 0 Å². The van der Waals surface area contributed by atoms with E-state index in [2.05, 4.69) is 23.2 Å². The second-order valence-electron chi connectivity index (χ2n) is 5.17. The maximum atomic E-state index is 5.90. The van der Waals surface area contributed by atoms with E-state index < -0.39 is 0 Å². The number of nitrogens with one attached hydrogen (secondary N) is 1. The molecule has 3 rings (SSSR count). The molecule has 0 saturated heterocycles. The summed E-state index contributed by atoms with van der Waals surface area (Å²) in [7, 11) is 0. The zero-order valence-corrected chi connectivity index (χ0v) is 10.2. The molecule has 0 bridgehead atoms. The van der Waals surface area contributed by atoms with Crippen molar-refractivity contribution in [1.82, 2.24) is 9.97 Å². The first-order chi connectivity index (χ1) is 8.24. The lowest BCUT2D eigenvalue weighted by Gasteiger charge is -2.04. The van der Waals surface area contributed by atoms with Crippen LogP contribution in [0, 0.1) is 0 Å². The van der Waals surface area contributed by atoms with Crippen molar-refractivity contribution < 1.29 is 0 Å². The van der Waals surface area contributed by atoms with E-state index >= 15 is 0 Å². The van der Waals surface area contributed by atoms with E-state index in [9.17, 15) is 0 Å². The fourth-order valence-corrected chi connectivity index (χ4v) is 2.72. The predicted molar refractivity (Wildman–Crippen MR) is 69.9 cm³/mol. The predicted octanol–water partition coefficient (Wildman–Crippen LogP) is 3.24. The van der Waals surface area contributed by atoms with Crippen LogP contribution in [0.3, 0.4) is 0 Å². The molecule has 3 nitrogen and oxygen atoms in total. The zero-order chi connectivity index (χ0) is 11.8. The number of aromatic amines is 1. The summed E-state index contributed by atoms with van der Waals surface area (Å²) in [6, 6.07) is 6.36. The normalized spacial score (nSPS) is 18.9. The van der Waals surface area contributed by atoms with Crippen LogP contribution in [-0.2, 0) is 0 Å². The van der Waals surface area contributed by atoms with Crippen molar-refractivity contribution in [2.45, 2.75) is 44.6 Å². The first-order valence-corrected chi connectivity index (χ1v) is 6.49. The Labute approximate surface area is 101 Å². The smallest absolute Gasteiger partial charge is 0.110 e. The second kappa shape index (κ2) is 4.15. The van der Waals surface area contributed by atoms with Crippen LogP contribution in [0.1, 0.15) is 56.0 Å². The summed E-state index contributed by atoms with van der Waals surface area (Å²) in [6.45, 7) is 2.01. The molecule has 1 aromatic heterocycles. The van der Waals surface area contributed by atoms with Gasteiger partial charge in [-0.05, 0) is 37.5 Å². The fraction of sp³-hybridized carbons (Fsp3) is 0.500. The molecule has 0 radical (unpaired) electrons. The van der Waals surface area contributed by atoms with Gasteiger partial charge in [0.2, 0.25) is 0 Å². The summed E-state index contributed by atoms with van der Waals surface area (Å²) in [5, 5.41) is 0. The third-order valence-corrected chi connectivity index (χ3v) is 3.79. The number of benzene rings is 1. The molecule has 1 aliphatic rings. The molecule has 3 heteroatoms. The molecular weight excluding hydrogens is 210 g/mol. The highest BCUT2D eigenvalue weighted by Gasteiger charge is 2.20. The van der Waals surface area contributed by atoms with Gasteiger partial charge in [0.15, 0.2) is 0 Å². The maximum absolute atomic E-state index is 5.90. The van der Waals surface area contributed by atoms with Gasteiger partial charge in [0.25, 0.3) is 0 Å². The third-order valence-electron chi connectivity index (χ3n) is 3.79. The van der Waals surface area contributed by atoms with Crippen molar-refractivity contribution in [3.05, 3.63) is 29.6 Å². The highest BCUT2D eigenvalue weighted by atomic mass is 14.9.